The van der Waals surface area contributed by atoms with Gasteiger partial charge in [-0.25, -0.2) is 0 Å². The molecule has 4 N–H and O–H groups in total. The second-order valence-electron chi connectivity index (χ2n) is 9.88. The lowest BCUT2D eigenvalue weighted by Gasteiger charge is -2.37. The van der Waals surface area contributed by atoms with Crippen LogP contribution in [0, 0.1) is 23.7 Å². The van der Waals surface area contributed by atoms with Crippen LogP contribution >= 0.6 is 0 Å². The highest BCUT2D eigenvalue weighted by atomic mass is 16.4. The van der Waals surface area contributed by atoms with Gasteiger partial charge >= 0.3 is 5.97 Å². The third-order valence-corrected chi connectivity index (χ3v) is 7.60. The van der Waals surface area contributed by atoms with Gasteiger partial charge < -0.3 is 26.0 Å². The number of aliphatic carboxylic acids is 1. The zero-order valence-corrected chi connectivity index (χ0v) is 20.3. The summed E-state index contributed by atoms with van der Waals surface area (Å²) in [5.74, 6) is -2.23. The van der Waals surface area contributed by atoms with E-state index in [-0.39, 0.29) is 23.7 Å². The van der Waals surface area contributed by atoms with Gasteiger partial charge in [-0.15, -0.1) is 0 Å². The summed E-state index contributed by atoms with van der Waals surface area (Å²) < 4.78 is 0. The minimum atomic E-state index is -0.938. The van der Waals surface area contributed by atoms with Crippen molar-refractivity contribution in [3.63, 3.8) is 0 Å². The van der Waals surface area contributed by atoms with Gasteiger partial charge in [0.05, 0.1) is 23.1 Å². The molecule has 1 aliphatic heterocycles. The number of carbonyl (C=O) groups excluding carboxylic acids is 2. The Bertz CT molecular complexity index is 1080. The van der Waals surface area contributed by atoms with Crippen molar-refractivity contribution in [2.45, 2.75) is 26.7 Å². The van der Waals surface area contributed by atoms with Crippen LogP contribution in [0.4, 0.5) is 17.1 Å². The highest BCUT2D eigenvalue weighted by Crippen LogP contribution is 2.38. The molecule has 2 amide bonds. The first-order valence-corrected chi connectivity index (χ1v) is 12.3. The minimum Gasteiger partial charge on any atom is -0.481 e. The quantitative estimate of drug-likeness (QED) is 0.566. The fourth-order valence-corrected chi connectivity index (χ4v) is 5.18. The van der Waals surface area contributed by atoms with Crippen molar-refractivity contribution in [2.75, 3.05) is 42.1 Å². The number of carboxylic acid groups (broad SMARTS) is 1. The van der Waals surface area contributed by atoms with Gasteiger partial charge in [0, 0.05) is 37.6 Å². The summed E-state index contributed by atoms with van der Waals surface area (Å²) in [4.78, 5) is 42.4. The van der Waals surface area contributed by atoms with Crippen LogP contribution in [-0.4, -0.2) is 54.0 Å². The maximum Gasteiger partial charge on any atom is 0.307 e. The van der Waals surface area contributed by atoms with E-state index in [0.29, 0.717) is 56.0 Å². The van der Waals surface area contributed by atoms with Crippen molar-refractivity contribution >= 4 is 34.8 Å². The Balaban J connectivity index is 1.44. The van der Waals surface area contributed by atoms with Crippen molar-refractivity contribution in [3.8, 4) is 0 Å². The Morgan fingerprint density at radius 2 is 1.49 bits per heavy atom. The number of nitrogens with two attached hydrogens (primary N) is 1. The molecule has 186 valence electrons. The van der Waals surface area contributed by atoms with Crippen molar-refractivity contribution < 1.29 is 19.5 Å². The van der Waals surface area contributed by atoms with Crippen LogP contribution in [0.2, 0.25) is 0 Å². The molecule has 2 aromatic rings. The SMILES string of the molecule is CC1CC(C(=O)O)C(C(=O)Nc2ccccc2C(=O)N2CCN(c3ccc(N)cc3)CC2)CC1C. The molecule has 0 aromatic heterocycles. The largest absolute Gasteiger partial charge is 0.481 e. The third-order valence-electron chi connectivity index (χ3n) is 7.60. The Kier molecular flexibility index (Phi) is 7.28. The van der Waals surface area contributed by atoms with Gasteiger partial charge in [-0.1, -0.05) is 26.0 Å². The van der Waals surface area contributed by atoms with Gasteiger partial charge in [-0.05, 0) is 61.1 Å². The van der Waals surface area contributed by atoms with Crippen LogP contribution < -0.4 is 16.0 Å². The average Bonchev–Trinajstić information content (AvgIpc) is 2.85. The number of carbonyl (C=O) groups is 3. The molecule has 1 saturated heterocycles. The van der Waals surface area contributed by atoms with Crippen LogP contribution in [0.25, 0.3) is 0 Å². The van der Waals surface area contributed by atoms with Crippen LogP contribution in [-0.2, 0) is 9.59 Å². The Hall–Kier alpha value is -3.55. The fraction of sp³-hybridized carbons (Fsp3) is 0.444. The standard InChI is InChI=1S/C27H34N4O4/c1-17-15-22(23(27(34)35)16-18(17)2)25(32)29-24-6-4-3-5-21(24)26(33)31-13-11-30(12-14-31)20-9-7-19(28)8-10-20/h3-10,17-18,22-23H,11-16,28H2,1-2H3,(H,29,32)(H,34,35). The van der Waals surface area contributed by atoms with E-state index in [2.05, 4.69) is 17.1 Å². The lowest BCUT2D eigenvalue weighted by atomic mass is 9.69. The van der Waals surface area contributed by atoms with E-state index in [1.165, 1.54) is 0 Å². The number of amides is 2. The van der Waals surface area contributed by atoms with Crippen LogP contribution in [0.1, 0.15) is 37.0 Å². The van der Waals surface area contributed by atoms with Gasteiger partial charge in [0.2, 0.25) is 5.91 Å². The van der Waals surface area contributed by atoms with E-state index >= 15 is 0 Å². The number of nitrogens with one attached hydrogen (secondary N) is 1. The number of anilines is 3. The van der Waals surface area contributed by atoms with E-state index in [9.17, 15) is 19.5 Å². The monoisotopic (exact) mass is 478 g/mol. The maximum atomic E-state index is 13.4. The maximum absolute atomic E-state index is 13.4. The summed E-state index contributed by atoms with van der Waals surface area (Å²) in [5, 5.41) is 12.6. The Morgan fingerprint density at radius 3 is 2.11 bits per heavy atom. The molecule has 1 aliphatic carbocycles. The van der Waals surface area contributed by atoms with Crippen LogP contribution in [0.15, 0.2) is 48.5 Å². The lowest BCUT2D eigenvalue weighted by Crippen LogP contribution is -2.49. The number of carboxylic acids is 1. The van der Waals surface area contributed by atoms with Gasteiger partial charge in [-0.3, -0.25) is 14.4 Å². The summed E-state index contributed by atoms with van der Waals surface area (Å²) in [6, 6.07) is 14.7. The summed E-state index contributed by atoms with van der Waals surface area (Å²) in [5.41, 5.74) is 8.42. The first kappa shape index (κ1) is 24.6. The van der Waals surface area contributed by atoms with E-state index in [1.54, 1.807) is 29.2 Å². The predicted octanol–water partition coefficient (Wildman–Crippen LogP) is 3.55. The van der Waals surface area contributed by atoms with Crippen molar-refractivity contribution in [1.82, 2.24) is 4.90 Å². The van der Waals surface area contributed by atoms with Crippen LogP contribution in [0.3, 0.4) is 0 Å². The number of benzene rings is 2. The first-order valence-electron chi connectivity index (χ1n) is 12.3. The number of nitrogens with zero attached hydrogens (tertiary/aromatic N) is 2. The fourth-order valence-electron chi connectivity index (χ4n) is 5.18. The van der Waals surface area contributed by atoms with E-state index < -0.39 is 17.8 Å². The highest BCUT2D eigenvalue weighted by molar-refractivity contribution is 6.04. The molecule has 0 bridgehead atoms. The second-order valence-corrected chi connectivity index (χ2v) is 9.88. The number of nitrogen functional groups attached to an aromatic ring is 1. The Morgan fingerprint density at radius 1 is 0.886 bits per heavy atom. The van der Waals surface area contributed by atoms with Gasteiger partial charge in [-0.2, -0.15) is 0 Å². The lowest BCUT2D eigenvalue weighted by molar-refractivity contribution is -0.149. The predicted molar refractivity (Wildman–Crippen MR) is 136 cm³/mol. The molecule has 1 saturated carbocycles. The zero-order chi connectivity index (χ0) is 25.1. The van der Waals surface area contributed by atoms with Gasteiger partial charge in [0.15, 0.2) is 0 Å². The summed E-state index contributed by atoms with van der Waals surface area (Å²) in [6.45, 7) is 6.61. The molecule has 2 aromatic carbocycles. The van der Waals surface area contributed by atoms with Crippen molar-refractivity contribution in [2.24, 2.45) is 23.7 Å². The molecule has 0 spiro atoms. The van der Waals surface area contributed by atoms with E-state index in [0.717, 1.165) is 5.69 Å². The summed E-state index contributed by atoms with van der Waals surface area (Å²) in [7, 11) is 0. The summed E-state index contributed by atoms with van der Waals surface area (Å²) >= 11 is 0. The topological polar surface area (TPSA) is 116 Å². The summed E-state index contributed by atoms with van der Waals surface area (Å²) in [6.07, 6.45) is 1.00. The molecule has 8 heteroatoms. The first-order chi connectivity index (χ1) is 16.7. The smallest absolute Gasteiger partial charge is 0.307 e. The van der Waals surface area contributed by atoms with Crippen molar-refractivity contribution in [3.05, 3.63) is 54.1 Å². The average molecular weight is 479 g/mol. The number of rotatable bonds is 5. The number of piperazine rings is 1. The number of hydrogen-bond donors (Lipinski definition) is 3. The van der Waals surface area contributed by atoms with E-state index in [4.69, 9.17) is 5.73 Å². The molecule has 2 fully saturated rings. The third kappa shape index (κ3) is 5.42. The molecule has 4 atom stereocenters. The molecule has 2 aliphatic rings. The normalized spacial score (nSPS) is 24.6. The van der Waals surface area contributed by atoms with Gasteiger partial charge in [0.1, 0.15) is 0 Å². The zero-order valence-electron chi connectivity index (χ0n) is 20.3. The minimum absolute atomic E-state index is 0.140. The molecule has 8 nitrogen and oxygen atoms in total. The number of hydrogen-bond acceptors (Lipinski definition) is 5. The van der Waals surface area contributed by atoms with Gasteiger partial charge in [0.25, 0.3) is 5.91 Å². The molecule has 4 unspecified atom stereocenters. The molecule has 35 heavy (non-hydrogen) atoms. The highest BCUT2D eigenvalue weighted by Gasteiger charge is 2.41. The molecular weight excluding hydrogens is 444 g/mol. The van der Waals surface area contributed by atoms with E-state index in [1.807, 2.05) is 31.2 Å². The molecule has 4 rings (SSSR count). The van der Waals surface area contributed by atoms with Crippen LogP contribution in [0.5, 0.6) is 0 Å². The molecule has 0 radical (unpaired) electrons. The second kappa shape index (κ2) is 10.4. The number of para-hydroxylation sites is 1. The van der Waals surface area contributed by atoms with Crippen molar-refractivity contribution in [1.29, 1.82) is 0 Å². The molecule has 1 heterocycles. The molecular formula is C27H34N4O4. The Labute approximate surface area is 206 Å².